The van der Waals surface area contributed by atoms with Crippen LogP contribution < -0.4 is 4.74 Å². The van der Waals surface area contributed by atoms with Crippen molar-refractivity contribution >= 4 is 36.4 Å². The van der Waals surface area contributed by atoms with E-state index in [1.54, 1.807) is 10.8 Å². The summed E-state index contributed by atoms with van der Waals surface area (Å²) in [5.41, 5.74) is -0.521. The van der Waals surface area contributed by atoms with E-state index in [1.807, 2.05) is 0 Å². The van der Waals surface area contributed by atoms with E-state index in [2.05, 4.69) is 24.6 Å². The molecule has 0 spiro atoms. The first-order chi connectivity index (χ1) is 14.1. The van der Waals surface area contributed by atoms with Crippen LogP contribution in [0.3, 0.4) is 0 Å². The number of hydrogen-bond donors (Lipinski definition) is 0. The molecule has 0 amide bonds. The number of halogens is 3. The molecular weight excluding hydrogens is 436 g/mol. The van der Waals surface area contributed by atoms with Gasteiger partial charge in [0, 0.05) is 33.1 Å². The molecule has 160 valence electrons. The predicted octanol–water partition coefficient (Wildman–Crippen LogP) is 5.98. The van der Waals surface area contributed by atoms with Crippen LogP contribution in [0, 0.1) is 21.7 Å². The Kier molecular flexibility index (Phi) is 6.39. The van der Waals surface area contributed by atoms with E-state index in [0.29, 0.717) is 34.8 Å². The van der Waals surface area contributed by atoms with Crippen LogP contribution in [0.5, 0.6) is 11.5 Å². The first-order valence-electron chi connectivity index (χ1n) is 9.09. The Hall–Kier alpha value is -2.56. The molecule has 0 bridgehead atoms. The van der Waals surface area contributed by atoms with Gasteiger partial charge in [0.2, 0.25) is 5.82 Å². The summed E-state index contributed by atoms with van der Waals surface area (Å²) in [4.78, 5) is 14.0. The highest BCUT2D eigenvalue weighted by molar-refractivity contribution is 6.76. The topological polar surface area (TPSA) is 79.4 Å². The van der Waals surface area contributed by atoms with Gasteiger partial charge in [-0.15, -0.1) is 0 Å². The maximum Gasteiger partial charge on any atom is 0.307 e. The Morgan fingerprint density at radius 3 is 2.63 bits per heavy atom. The third kappa shape index (κ3) is 4.94. The number of hydrogen-bond acceptors (Lipinski definition) is 5. The molecule has 0 radical (unpaired) electrons. The van der Waals surface area contributed by atoms with Crippen molar-refractivity contribution in [3.05, 3.63) is 57.4 Å². The number of rotatable bonds is 8. The lowest BCUT2D eigenvalue weighted by Crippen LogP contribution is -2.22. The number of ether oxygens (including phenoxy) is 2. The monoisotopic (exact) mass is 455 g/mol. The zero-order chi connectivity index (χ0) is 22.1. The Bertz CT molecular complexity index is 1100. The van der Waals surface area contributed by atoms with Crippen LogP contribution >= 0.6 is 11.6 Å². The van der Waals surface area contributed by atoms with Gasteiger partial charge in [-0.2, -0.15) is 4.39 Å². The van der Waals surface area contributed by atoms with Crippen LogP contribution in [0.15, 0.2) is 30.6 Å². The Balaban J connectivity index is 1.87. The molecule has 0 aliphatic rings. The molecule has 3 aromatic rings. The summed E-state index contributed by atoms with van der Waals surface area (Å²) >= 11 is 6.33. The van der Waals surface area contributed by atoms with Gasteiger partial charge in [-0.1, -0.05) is 31.2 Å². The van der Waals surface area contributed by atoms with Crippen molar-refractivity contribution in [3.63, 3.8) is 0 Å². The molecular formula is C19H20ClF2N3O4Si. The fourth-order valence-corrected chi connectivity index (χ4v) is 3.77. The molecule has 0 aliphatic carbocycles. The van der Waals surface area contributed by atoms with E-state index >= 15 is 0 Å². The van der Waals surface area contributed by atoms with Crippen LogP contribution in [0.1, 0.15) is 0 Å². The molecule has 0 saturated carbocycles. The molecule has 2 aromatic heterocycles. The van der Waals surface area contributed by atoms with Crippen molar-refractivity contribution in [2.75, 3.05) is 6.61 Å². The highest BCUT2D eigenvalue weighted by Gasteiger charge is 2.21. The minimum Gasteiger partial charge on any atom is -0.453 e. The summed E-state index contributed by atoms with van der Waals surface area (Å²) in [6.07, 6.45) is 3.06. The molecule has 3 rings (SSSR count). The zero-order valence-electron chi connectivity index (χ0n) is 16.6. The van der Waals surface area contributed by atoms with E-state index in [0.717, 1.165) is 6.04 Å². The lowest BCUT2D eigenvalue weighted by Gasteiger charge is -2.15. The number of aromatic nitrogens is 2. The van der Waals surface area contributed by atoms with E-state index in [-0.39, 0.29) is 12.5 Å². The lowest BCUT2D eigenvalue weighted by molar-refractivity contribution is -0.387. The Morgan fingerprint density at radius 1 is 1.23 bits per heavy atom. The van der Waals surface area contributed by atoms with Gasteiger partial charge in [0.1, 0.15) is 18.1 Å². The molecule has 0 saturated heterocycles. The van der Waals surface area contributed by atoms with Gasteiger partial charge in [0.05, 0.1) is 21.4 Å². The minimum absolute atomic E-state index is 0.137. The van der Waals surface area contributed by atoms with E-state index in [1.165, 1.54) is 12.3 Å². The van der Waals surface area contributed by atoms with Crippen LogP contribution in [-0.4, -0.2) is 29.2 Å². The number of fused-ring (bicyclic) bond motifs is 1. The van der Waals surface area contributed by atoms with Gasteiger partial charge in [-0.25, -0.2) is 9.37 Å². The Morgan fingerprint density at radius 2 is 1.97 bits per heavy atom. The molecule has 0 N–H and O–H groups in total. The average Bonchev–Trinajstić information content (AvgIpc) is 2.97. The van der Waals surface area contributed by atoms with E-state index < -0.39 is 36.1 Å². The summed E-state index contributed by atoms with van der Waals surface area (Å²) in [5.74, 6) is -2.64. The second-order valence-electron chi connectivity index (χ2n) is 7.90. The van der Waals surface area contributed by atoms with Crippen molar-refractivity contribution in [3.8, 4) is 11.5 Å². The van der Waals surface area contributed by atoms with Crippen LogP contribution in [0.4, 0.5) is 14.5 Å². The fourth-order valence-electron chi connectivity index (χ4n) is 2.72. The second kappa shape index (κ2) is 8.66. The largest absolute Gasteiger partial charge is 0.453 e. The summed E-state index contributed by atoms with van der Waals surface area (Å²) in [5, 5.41) is 11.4. The molecule has 0 unspecified atom stereocenters. The van der Waals surface area contributed by atoms with Gasteiger partial charge in [0.25, 0.3) is 0 Å². The third-order valence-corrected chi connectivity index (χ3v) is 6.31. The van der Waals surface area contributed by atoms with Crippen LogP contribution in [0.25, 0.3) is 11.0 Å². The van der Waals surface area contributed by atoms with E-state index in [4.69, 9.17) is 21.1 Å². The number of nitro groups is 1. The fraction of sp³-hybridized carbons (Fsp3) is 0.316. The lowest BCUT2D eigenvalue weighted by atomic mass is 10.2. The van der Waals surface area contributed by atoms with E-state index in [9.17, 15) is 18.9 Å². The van der Waals surface area contributed by atoms with Crippen molar-refractivity contribution in [1.82, 2.24) is 9.55 Å². The number of nitro benzene ring substituents is 1. The number of benzene rings is 1. The van der Waals surface area contributed by atoms with Crippen molar-refractivity contribution in [2.24, 2.45) is 0 Å². The van der Waals surface area contributed by atoms with Gasteiger partial charge < -0.3 is 14.0 Å². The van der Waals surface area contributed by atoms with Gasteiger partial charge in [-0.3, -0.25) is 10.1 Å². The molecule has 0 atom stereocenters. The Labute approximate surface area is 177 Å². The van der Waals surface area contributed by atoms with Gasteiger partial charge in [-0.05, 0) is 12.1 Å². The second-order valence-corrected chi connectivity index (χ2v) is 13.9. The van der Waals surface area contributed by atoms with Crippen LogP contribution in [0.2, 0.25) is 30.7 Å². The number of pyridine rings is 1. The SMILES string of the molecule is C[Si](C)(C)CCOCn1cc(Cl)c2c(Oc3cc(F)c([N+](=O)[O-])cc3F)ccnc21. The quantitative estimate of drug-likeness (QED) is 0.180. The smallest absolute Gasteiger partial charge is 0.307 e. The summed E-state index contributed by atoms with van der Waals surface area (Å²) < 4.78 is 41.0. The molecule has 0 fully saturated rings. The van der Waals surface area contributed by atoms with Gasteiger partial charge in [0.15, 0.2) is 11.6 Å². The highest BCUT2D eigenvalue weighted by atomic mass is 35.5. The summed E-state index contributed by atoms with van der Waals surface area (Å²) in [6.45, 7) is 7.60. The molecule has 2 heterocycles. The average molecular weight is 456 g/mol. The normalized spacial score (nSPS) is 11.8. The third-order valence-electron chi connectivity index (χ3n) is 4.32. The zero-order valence-corrected chi connectivity index (χ0v) is 18.4. The van der Waals surface area contributed by atoms with Crippen LogP contribution in [-0.2, 0) is 11.5 Å². The molecule has 7 nitrogen and oxygen atoms in total. The minimum atomic E-state index is -1.22. The summed E-state index contributed by atoms with van der Waals surface area (Å²) in [6, 6.07) is 3.56. The maximum atomic E-state index is 14.2. The molecule has 30 heavy (non-hydrogen) atoms. The van der Waals surface area contributed by atoms with Crippen molar-refractivity contribution in [2.45, 2.75) is 32.4 Å². The predicted molar refractivity (Wildman–Crippen MR) is 112 cm³/mol. The highest BCUT2D eigenvalue weighted by Crippen LogP contribution is 2.37. The standard InChI is InChI=1S/C19H20ClF2N3O4Si/c1-30(2,3)7-6-28-11-24-10-12(20)18-16(4-5-23-19(18)24)29-17-9-13(21)15(25(26)27)8-14(17)22/h4-5,8-10H,6-7,11H2,1-3H3. The summed E-state index contributed by atoms with van der Waals surface area (Å²) in [7, 11) is -1.22. The maximum absolute atomic E-state index is 14.2. The molecule has 0 aliphatic heterocycles. The van der Waals surface area contributed by atoms with Gasteiger partial charge >= 0.3 is 5.69 Å². The molecule has 1 aromatic carbocycles. The first kappa shape index (κ1) is 22.1. The first-order valence-corrected chi connectivity index (χ1v) is 13.2. The van der Waals surface area contributed by atoms with Crippen molar-refractivity contribution < 1.29 is 23.2 Å². The van der Waals surface area contributed by atoms with Crippen molar-refractivity contribution in [1.29, 1.82) is 0 Å². The number of nitrogens with zero attached hydrogens (tertiary/aromatic N) is 3. The molecule has 11 heteroatoms.